The molecule has 0 aromatic carbocycles. The minimum atomic E-state index is -0.880. The highest BCUT2D eigenvalue weighted by Crippen LogP contribution is 2.40. The third kappa shape index (κ3) is 4.41. The quantitative estimate of drug-likeness (QED) is 0.768. The van der Waals surface area contributed by atoms with Gasteiger partial charge in [0, 0.05) is 50.2 Å². The molecule has 2 fully saturated rings. The summed E-state index contributed by atoms with van der Waals surface area (Å²) in [7, 11) is 0. The lowest BCUT2D eigenvalue weighted by atomic mass is 9.70. The maximum absolute atomic E-state index is 12.6. The molecule has 28 heavy (non-hydrogen) atoms. The average molecular weight is 384 g/mol. The lowest BCUT2D eigenvalue weighted by Gasteiger charge is -2.38. The third-order valence-corrected chi connectivity index (χ3v) is 6.21. The molecule has 1 aliphatic heterocycles. The molecule has 8 nitrogen and oxygen atoms in total. The summed E-state index contributed by atoms with van der Waals surface area (Å²) in [6, 6.07) is 4.06. The average Bonchev–Trinajstić information content (AvgIpc) is 2.74. The van der Waals surface area contributed by atoms with E-state index in [0.717, 1.165) is 32.1 Å². The van der Waals surface area contributed by atoms with Crippen molar-refractivity contribution in [2.75, 3.05) is 18.0 Å². The Labute approximate surface area is 165 Å². The van der Waals surface area contributed by atoms with Gasteiger partial charge in [0.1, 0.15) is 5.54 Å². The van der Waals surface area contributed by atoms with Crippen LogP contribution in [0.4, 0.5) is 5.95 Å². The molecule has 0 atom stereocenters. The van der Waals surface area contributed by atoms with Crippen LogP contribution >= 0.6 is 0 Å². The fourth-order valence-corrected chi connectivity index (χ4v) is 4.34. The number of nitrogens with two attached hydrogens (primary N) is 1. The minimum Gasteiger partial charge on any atom is -0.369 e. The van der Waals surface area contributed by atoms with Crippen LogP contribution in [0, 0.1) is 16.7 Å². The van der Waals surface area contributed by atoms with Gasteiger partial charge in [0.15, 0.2) is 0 Å². The first kappa shape index (κ1) is 20.1. The van der Waals surface area contributed by atoms with E-state index in [-0.39, 0.29) is 18.2 Å². The largest absolute Gasteiger partial charge is 0.369 e. The number of anilines is 1. The van der Waals surface area contributed by atoms with E-state index in [1.807, 2.05) is 4.90 Å². The molecule has 0 radical (unpaired) electrons. The van der Waals surface area contributed by atoms with Crippen molar-refractivity contribution in [3.05, 3.63) is 18.5 Å². The number of carbonyl (C=O) groups is 2. The Hall–Kier alpha value is -2.69. The normalized spacial score (nSPS) is 20.8. The second kappa shape index (κ2) is 8.55. The molecule has 1 aromatic rings. The van der Waals surface area contributed by atoms with Gasteiger partial charge in [-0.05, 0) is 25.3 Å². The van der Waals surface area contributed by atoms with Crippen LogP contribution in [-0.4, -0.2) is 40.4 Å². The summed E-state index contributed by atoms with van der Waals surface area (Å²) in [5, 5.41) is 12.6. The highest BCUT2D eigenvalue weighted by atomic mass is 16.2. The highest BCUT2D eigenvalue weighted by Gasteiger charge is 2.40. The van der Waals surface area contributed by atoms with Crippen molar-refractivity contribution in [2.24, 2.45) is 11.1 Å². The topological polar surface area (TPSA) is 125 Å². The van der Waals surface area contributed by atoms with Crippen molar-refractivity contribution in [3.8, 4) is 6.07 Å². The zero-order valence-electron chi connectivity index (χ0n) is 16.2. The van der Waals surface area contributed by atoms with Crippen LogP contribution in [0.1, 0.15) is 57.8 Å². The minimum absolute atomic E-state index is 0.183. The number of piperidine rings is 1. The second-order valence-electron chi connectivity index (χ2n) is 7.98. The van der Waals surface area contributed by atoms with E-state index in [0.29, 0.717) is 38.3 Å². The van der Waals surface area contributed by atoms with E-state index < -0.39 is 11.0 Å². The molecular formula is C20H28N6O2. The summed E-state index contributed by atoms with van der Waals surface area (Å²) < 4.78 is 0. The van der Waals surface area contributed by atoms with Gasteiger partial charge in [0.05, 0.1) is 6.07 Å². The van der Waals surface area contributed by atoms with Crippen molar-refractivity contribution in [2.45, 2.75) is 63.3 Å². The molecule has 8 heteroatoms. The maximum Gasteiger partial charge on any atom is 0.225 e. The van der Waals surface area contributed by atoms with Gasteiger partial charge in [0.2, 0.25) is 17.8 Å². The zero-order valence-corrected chi connectivity index (χ0v) is 16.2. The van der Waals surface area contributed by atoms with Crippen LogP contribution in [0.15, 0.2) is 18.5 Å². The second-order valence-corrected chi connectivity index (χ2v) is 7.98. The molecular weight excluding hydrogens is 356 g/mol. The van der Waals surface area contributed by atoms with Gasteiger partial charge in [-0.15, -0.1) is 0 Å². The predicted octanol–water partition coefficient (Wildman–Crippen LogP) is 1.67. The number of amides is 2. The summed E-state index contributed by atoms with van der Waals surface area (Å²) in [5.74, 6) is 0.157. The SMILES string of the molecule is N#CC1(NC(=O)CCC2(C(N)=O)CCCCC2)CCN(c2ncccn2)CC1. The molecule has 3 rings (SSSR count). The van der Waals surface area contributed by atoms with Crippen molar-refractivity contribution < 1.29 is 9.59 Å². The van der Waals surface area contributed by atoms with Crippen LogP contribution in [0.25, 0.3) is 0 Å². The lowest BCUT2D eigenvalue weighted by Crippen LogP contribution is -2.55. The van der Waals surface area contributed by atoms with E-state index in [2.05, 4.69) is 21.4 Å². The van der Waals surface area contributed by atoms with Gasteiger partial charge in [-0.1, -0.05) is 19.3 Å². The number of nitrogens with zero attached hydrogens (tertiary/aromatic N) is 4. The van der Waals surface area contributed by atoms with Crippen LogP contribution < -0.4 is 16.0 Å². The first-order valence-electron chi connectivity index (χ1n) is 10.0. The highest BCUT2D eigenvalue weighted by molar-refractivity contribution is 5.83. The molecule has 2 heterocycles. The molecule has 0 unspecified atom stereocenters. The predicted molar refractivity (Wildman–Crippen MR) is 104 cm³/mol. The molecule has 2 aliphatic rings. The summed E-state index contributed by atoms with van der Waals surface area (Å²) in [5.41, 5.74) is 4.21. The fourth-order valence-electron chi connectivity index (χ4n) is 4.34. The van der Waals surface area contributed by atoms with Gasteiger partial charge in [-0.2, -0.15) is 5.26 Å². The van der Waals surface area contributed by atoms with Crippen molar-refractivity contribution in [1.29, 1.82) is 5.26 Å². The summed E-state index contributed by atoms with van der Waals surface area (Å²) >= 11 is 0. The van der Waals surface area contributed by atoms with Crippen molar-refractivity contribution >= 4 is 17.8 Å². The molecule has 3 N–H and O–H groups in total. The molecule has 1 aliphatic carbocycles. The van der Waals surface area contributed by atoms with Gasteiger partial charge >= 0.3 is 0 Å². The smallest absolute Gasteiger partial charge is 0.225 e. The lowest BCUT2D eigenvalue weighted by molar-refractivity contribution is -0.131. The Morgan fingerprint density at radius 2 is 1.79 bits per heavy atom. The zero-order chi connectivity index (χ0) is 20.0. The van der Waals surface area contributed by atoms with E-state index >= 15 is 0 Å². The molecule has 2 amide bonds. The summed E-state index contributed by atoms with van der Waals surface area (Å²) in [6.45, 7) is 1.20. The van der Waals surface area contributed by atoms with E-state index in [4.69, 9.17) is 5.73 Å². The Bertz CT molecular complexity index is 731. The van der Waals surface area contributed by atoms with Gasteiger partial charge < -0.3 is 16.0 Å². The van der Waals surface area contributed by atoms with Crippen LogP contribution in [0.3, 0.4) is 0 Å². The number of carbonyl (C=O) groups excluding carboxylic acids is 2. The number of aromatic nitrogens is 2. The number of hydrogen-bond acceptors (Lipinski definition) is 6. The number of nitriles is 1. The molecule has 150 valence electrons. The molecule has 0 spiro atoms. The number of rotatable bonds is 6. The number of primary amides is 1. The first-order valence-corrected chi connectivity index (χ1v) is 10.0. The van der Waals surface area contributed by atoms with E-state index in [1.165, 1.54) is 0 Å². The summed E-state index contributed by atoms with van der Waals surface area (Å²) in [4.78, 5) is 35.1. The van der Waals surface area contributed by atoms with Crippen molar-refractivity contribution in [3.63, 3.8) is 0 Å². The number of hydrogen-bond donors (Lipinski definition) is 2. The Balaban J connectivity index is 1.55. The molecule has 1 saturated carbocycles. The van der Waals surface area contributed by atoms with E-state index in [1.54, 1.807) is 18.5 Å². The number of nitrogens with one attached hydrogen (secondary N) is 1. The van der Waals surface area contributed by atoms with Crippen molar-refractivity contribution in [1.82, 2.24) is 15.3 Å². The molecule has 1 saturated heterocycles. The van der Waals surface area contributed by atoms with Gasteiger partial charge in [0.25, 0.3) is 0 Å². The van der Waals surface area contributed by atoms with Crippen LogP contribution in [0.5, 0.6) is 0 Å². The Morgan fingerprint density at radius 3 is 2.36 bits per heavy atom. The van der Waals surface area contributed by atoms with Crippen LogP contribution in [-0.2, 0) is 9.59 Å². The standard InChI is InChI=1S/C20H28N6O2/c21-15-20(9-13-26(14-10-20)18-23-11-4-12-24-18)25-16(27)5-8-19(17(22)28)6-2-1-3-7-19/h4,11-12H,1-3,5-10,13-14H2,(H2,22,28)(H,25,27). The monoisotopic (exact) mass is 384 g/mol. The maximum atomic E-state index is 12.6. The van der Waals surface area contributed by atoms with E-state index in [9.17, 15) is 14.9 Å². The fraction of sp³-hybridized carbons (Fsp3) is 0.650. The van der Waals surface area contributed by atoms with Gasteiger partial charge in [-0.25, -0.2) is 9.97 Å². The van der Waals surface area contributed by atoms with Gasteiger partial charge in [-0.3, -0.25) is 9.59 Å². The summed E-state index contributed by atoms with van der Waals surface area (Å²) in [6.07, 6.45) is 9.65. The first-order chi connectivity index (χ1) is 13.5. The Kier molecular flexibility index (Phi) is 6.12. The molecule has 0 bridgehead atoms. The third-order valence-electron chi connectivity index (χ3n) is 6.21. The molecule has 1 aromatic heterocycles. The van der Waals surface area contributed by atoms with Crippen LogP contribution in [0.2, 0.25) is 0 Å². The Morgan fingerprint density at radius 1 is 1.14 bits per heavy atom.